The van der Waals surface area contributed by atoms with E-state index in [1.165, 1.54) is 21.6 Å². The molecule has 0 N–H and O–H groups in total. The summed E-state index contributed by atoms with van der Waals surface area (Å²) < 4.78 is -3.43. The fourth-order valence-electron chi connectivity index (χ4n) is 1.35. The molecule has 0 heterocycles. The minimum absolute atomic E-state index is 0.335. The lowest BCUT2D eigenvalue weighted by molar-refractivity contribution is 0.409. The molecule has 1 aromatic rings. The van der Waals surface area contributed by atoms with Crippen molar-refractivity contribution in [3.63, 3.8) is 0 Å². The minimum atomic E-state index is -1.36. The monoisotopic (exact) mass is 366 g/mol. The first-order valence-corrected chi connectivity index (χ1v) is 8.68. The highest BCUT2D eigenvalue weighted by Crippen LogP contribution is 2.72. The molecule has 1 aromatic carbocycles. The van der Waals surface area contributed by atoms with Crippen molar-refractivity contribution >= 4 is 79.6 Å². The van der Waals surface area contributed by atoms with Gasteiger partial charge in [0.25, 0.3) is 0 Å². The van der Waals surface area contributed by atoms with Crippen molar-refractivity contribution in [2.45, 2.75) is 24.2 Å². The van der Waals surface area contributed by atoms with Crippen LogP contribution in [0.1, 0.15) is 6.42 Å². The normalized spacial score (nSPS) is 29.7. The lowest BCUT2D eigenvalue weighted by atomic mass is 9.95. The lowest BCUT2D eigenvalue weighted by Crippen LogP contribution is -2.64. The molecular formula is C10H7Cl5S2. The van der Waals surface area contributed by atoms with E-state index in [1.807, 2.05) is 30.3 Å². The quantitative estimate of drug-likeness (QED) is 0.466. The second kappa shape index (κ2) is 5.05. The number of rotatable bonds is 3. The summed E-state index contributed by atoms with van der Waals surface area (Å²) >= 11 is 30.5. The Morgan fingerprint density at radius 2 is 1.53 bits per heavy atom. The van der Waals surface area contributed by atoms with E-state index >= 15 is 0 Å². The van der Waals surface area contributed by atoms with Gasteiger partial charge in [-0.1, -0.05) is 86.2 Å². The van der Waals surface area contributed by atoms with Crippen LogP contribution in [0.2, 0.25) is 0 Å². The van der Waals surface area contributed by atoms with Crippen LogP contribution in [0.3, 0.4) is 0 Å². The molecule has 7 heteroatoms. The van der Waals surface area contributed by atoms with Gasteiger partial charge in [0.1, 0.15) is 4.21 Å². The number of alkyl halides is 5. The zero-order chi connectivity index (χ0) is 12.7. The molecule has 0 aromatic heterocycles. The Balaban J connectivity index is 2.02. The highest BCUT2D eigenvalue weighted by Gasteiger charge is 2.73. The van der Waals surface area contributed by atoms with Gasteiger partial charge < -0.3 is 0 Å². The van der Waals surface area contributed by atoms with Crippen LogP contribution in [0.25, 0.3) is 0 Å². The van der Waals surface area contributed by atoms with Gasteiger partial charge in [0, 0.05) is 11.3 Å². The van der Waals surface area contributed by atoms with Crippen molar-refractivity contribution in [3.05, 3.63) is 30.3 Å². The highest BCUT2D eigenvalue weighted by atomic mass is 35.5. The Morgan fingerprint density at radius 1 is 0.941 bits per heavy atom. The van der Waals surface area contributed by atoms with Crippen molar-refractivity contribution in [2.75, 3.05) is 0 Å². The molecule has 1 aliphatic carbocycles. The third kappa shape index (κ3) is 2.65. The Bertz CT molecular complexity index is 408. The zero-order valence-corrected chi connectivity index (χ0v) is 13.7. The molecule has 0 bridgehead atoms. The molecule has 0 saturated heterocycles. The van der Waals surface area contributed by atoms with E-state index in [0.717, 1.165) is 4.90 Å². The second-order valence-electron chi connectivity index (χ2n) is 3.66. The highest BCUT2D eigenvalue weighted by molar-refractivity contribution is 8.77. The third-order valence-electron chi connectivity index (χ3n) is 2.39. The largest absolute Gasteiger partial charge is 0.180 e. The Labute approximate surface area is 133 Å². The van der Waals surface area contributed by atoms with Gasteiger partial charge in [0.2, 0.25) is 0 Å². The van der Waals surface area contributed by atoms with Gasteiger partial charge in [0.05, 0.1) is 0 Å². The van der Waals surface area contributed by atoms with Crippen molar-refractivity contribution in [1.82, 2.24) is 0 Å². The topological polar surface area (TPSA) is 0 Å². The average Bonchev–Trinajstić information content (AvgIpc) is 2.27. The summed E-state index contributed by atoms with van der Waals surface area (Å²) in [6.07, 6.45) is 0.335. The predicted molar refractivity (Wildman–Crippen MR) is 82.0 cm³/mol. The van der Waals surface area contributed by atoms with E-state index in [0.29, 0.717) is 6.42 Å². The smallest absolute Gasteiger partial charge is 0.103 e. The number of halogens is 5. The zero-order valence-electron chi connectivity index (χ0n) is 8.30. The van der Waals surface area contributed by atoms with Crippen molar-refractivity contribution in [2.24, 2.45) is 0 Å². The third-order valence-corrected chi connectivity index (χ3v) is 9.19. The Kier molecular flexibility index (Phi) is 4.39. The van der Waals surface area contributed by atoms with Crippen LogP contribution in [-0.2, 0) is 0 Å². The average molecular weight is 369 g/mol. The van der Waals surface area contributed by atoms with Crippen LogP contribution >= 0.6 is 79.6 Å². The standard InChI is InChI=1S/C10H7Cl5S2/c11-8(12)6-9(13,10(8,14)15)17-16-7-4-2-1-3-5-7/h1-5H,6H2. The molecule has 0 aliphatic heterocycles. The van der Waals surface area contributed by atoms with Crippen LogP contribution in [-0.4, -0.2) is 12.9 Å². The van der Waals surface area contributed by atoms with Gasteiger partial charge >= 0.3 is 0 Å². The summed E-state index contributed by atoms with van der Waals surface area (Å²) in [7, 11) is 2.88. The summed E-state index contributed by atoms with van der Waals surface area (Å²) in [6, 6.07) is 9.81. The van der Waals surface area contributed by atoms with Crippen molar-refractivity contribution in [1.29, 1.82) is 0 Å². The molecule has 1 fully saturated rings. The summed E-state index contributed by atoms with van der Waals surface area (Å²) in [5.41, 5.74) is 0. The molecule has 0 nitrogen and oxygen atoms in total. The molecule has 1 saturated carbocycles. The Hall–Kier alpha value is 1.37. The molecule has 94 valence electrons. The van der Waals surface area contributed by atoms with Crippen LogP contribution in [0.4, 0.5) is 0 Å². The van der Waals surface area contributed by atoms with Crippen LogP contribution < -0.4 is 0 Å². The molecule has 0 amide bonds. The van der Waals surface area contributed by atoms with Crippen molar-refractivity contribution in [3.8, 4) is 0 Å². The van der Waals surface area contributed by atoms with E-state index in [4.69, 9.17) is 58.0 Å². The van der Waals surface area contributed by atoms with E-state index in [1.54, 1.807) is 0 Å². The minimum Gasteiger partial charge on any atom is -0.103 e. The number of hydrogen-bond acceptors (Lipinski definition) is 2. The van der Waals surface area contributed by atoms with E-state index in [2.05, 4.69) is 0 Å². The van der Waals surface area contributed by atoms with Crippen molar-refractivity contribution < 1.29 is 0 Å². The van der Waals surface area contributed by atoms with Gasteiger partial charge in [-0.2, -0.15) is 0 Å². The van der Waals surface area contributed by atoms with Gasteiger partial charge in [-0.05, 0) is 12.1 Å². The number of hydrogen-bond donors (Lipinski definition) is 0. The molecule has 0 spiro atoms. The Morgan fingerprint density at radius 3 is 2.00 bits per heavy atom. The molecule has 17 heavy (non-hydrogen) atoms. The first-order valence-electron chi connectivity index (χ1n) is 4.64. The molecule has 1 unspecified atom stereocenters. The molecule has 2 rings (SSSR count). The number of benzene rings is 1. The van der Waals surface area contributed by atoms with Gasteiger partial charge in [0.15, 0.2) is 8.67 Å². The summed E-state index contributed by atoms with van der Waals surface area (Å²) in [5, 5.41) is 0. The summed E-state index contributed by atoms with van der Waals surface area (Å²) in [4.78, 5) is 1.07. The van der Waals surface area contributed by atoms with E-state index in [9.17, 15) is 0 Å². The predicted octanol–water partition coefficient (Wildman–Crippen LogP) is 6.11. The molecule has 0 radical (unpaired) electrons. The van der Waals surface area contributed by atoms with Gasteiger partial charge in [-0.25, -0.2) is 0 Å². The summed E-state index contributed by atoms with van der Waals surface area (Å²) in [5.74, 6) is 0. The molecule has 1 atom stereocenters. The van der Waals surface area contributed by atoms with Gasteiger partial charge in [-0.3, -0.25) is 0 Å². The fourth-order valence-corrected chi connectivity index (χ4v) is 6.61. The van der Waals surface area contributed by atoms with Crippen LogP contribution in [0.5, 0.6) is 0 Å². The second-order valence-corrected chi connectivity index (χ2v) is 9.85. The van der Waals surface area contributed by atoms with Crippen LogP contribution in [0.15, 0.2) is 35.2 Å². The van der Waals surface area contributed by atoms with E-state index < -0.39 is 12.9 Å². The maximum Gasteiger partial charge on any atom is 0.180 e. The van der Waals surface area contributed by atoms with Crippen LogP contribution in [0, 0.1) is 0 Å². The fraction of sp³-hybridized carbons (Fsp3) is 0.400. The van der Waals surface area contributed by atoms with E-state index in [-0.39, 0.29) is 0 Å². The first kappa shape index (κ1) is 14.8. The van der Waals surface area contributed by atoms with Gasteiger partial charge in [-0.15, -0.1) is 11.6 Å². The first-order chi connectivity index (χ1) is 7.79. The SMILES string of the molecule is ClC1(Cl)CC(Cl)(SSc2ccccc2)C1(Cl)Cl. The lowest BCUT2D eigenvalue weighted by Gasteiger charge is -2.55. The summed E-state index contributed by atoms with van der Waals surface area (Å²) in [6.45, 7) is 0. The molecule has 1 aliphatic rings. The maximum atomic E-state index is 6.34. The molecular weight excluding hydrogens is 362 g/mol. The maximum absolute atomic E-state index is 6.34.